The van der Waals surface area contributed by atoms with Crippen LogP contribution in [0.25, 0.3) is 0 Å². The van der Waals surface area contributed by atoms with Crippen LogP contribution in [-0.2, 0) is 9.47 Å². The van der Waals surface area contributed by atoms with Crippen molar-refractivity contribution in [3.63, 3.8) is 0 Å². The lowest BCUT2D eigenvalue weighted by Crippen LogP contribution is -2.34. The molecule has 1 fully saturated rings. The number of rotatable bonds is 1. The van der Waals surface area contributed by atoms with Gasteiger partial charge in [-0.05, 0) is 27.7 Å². The van der Waals surface area contributed by atoms with Crippen LogP contribution in [0.15, 0.2) is 5.16 Å². The average Bonchev–Trinajstić information content (AvgIpc) is 2.01. The molecule has 0 aromatic rings. The van der Waals surface area contributed by atoms with Crippen molar-refractivity contribution in [1.82, 2.24) is 0 Å². The Balaban J connectivity index is 2.77. The zero-order chi connectivity index (χ0) is 9.41. The van der Waals surface area contributed by atoms with E-state index in [-0.39, 0.29) is 6.10 Å². The van der Waals surface area contributed by atoms with Gasteiger partial charge in [0, 0.05) is 0 Å². The van der Waals surface area contributed by atoms with Crippen molar-refractivity contribution in [2.24, 2.45) is 5.16 Å². The predicted octanol–water partition coefficient (Wildman–Crippen LogP) is 1.38. The fourth-order valence-electron chi connectivity index (χ4n) is 1.43. The zero-order valence-corrected chi connectivity index (χ0v) is 7.87. The summed E-state index contributed by atoms with van der Waals surface area (Å²) >= 11 is 0. The molecule has 0 bridgehead atoms. The van der Waals surface area contributed by atoms with Gasteiger partial charge >= 0.3 is 0 Å². The molecule has 0 aliphatic carbocycles. The molecule has 0 aromatic carbocycles. The lowest BCUT2D eigenvalue weighted by molar-refractivity contribution is -0.155. The molecule has 0 spiro atoms. The van der Waals surface area contributed by atoms with Crippen molar-refractivity contribution in [2.45, 2.75) is 45.2 Å². The molecule has 12 heavy (non-hydrogen) atoms. The molecule has 1 heterocycles. The number of hydrogen-bond acceptors (Lipinski definition) is 4. The highest BCUT2D eigenvalue weighted by Gasteiger charge is 2.46. The number of ether oxygens (including phenoxy) is 2. The van der Waals surface area contributed by atoms with E-state index in [4.69, 9.17) is 14.7 Å². The summed E-state index contributed by atoms with van der Waals surface area (Å²) in [5.74, 6) is -0.602. The minimum absolute atomic E-state index is 0.294. The lowest BCUT2D eigenvalue weighted by Gasteiger charge is -2.21. The summed E-state index contributed by atoms with van der Waals surface area (Å²) in [7, 11) is 0. The van der Waals surface area contributed by atoms with Crippen molar-refractivity contribution in [2.75, 3.05) is 0 Å². The van der Waals surface area contributed by atoms with E-state index in [0.717, 1.165) is 0 Å². The molecular formula is C8H15NO3. The molecular weight excluding hydrogens is 158 g/mol. The molecule has 0 amide bonds. The van der Waals surface area contributed by atoms with Gasteiger partial charge in [-0.2, -0.15) is 0 Å². The van der Waals surface area contributed by atoms with Crippen molar-refractivity contribution in [3.05, 3.63) is 0 Å². The first-order chi connectivity index (χ1) is 5.37. The van der Waals surface area contributed by atoms with Gasteiger partial charge in [-0.3, -0.25) is 0 Å². The van der Waals surface area contributed by atoms with Crippen LogP contribution >= 0.6 is 0 Å². The van der Waals surface area contributed by atoms with E-state index in [1.807, 2.05) is 27.7 Å². The van der Waals surface area contributed by atoms with Gasteiger partial charge in [-0.1, -0.05) is 5.16 Å². The number of oxime groups is 1. The average molecular weight is 173 g/mol. The van der Waals surface area contributed by atoms with E-state index in [1.165, 1.54) is 6.21 Å². The van der Waals surface area contributed by atoms with Gasteiger partial charge in [0.15, 0.2) is 5.79 Å². The quantitative estimate of drug-likeness (QED) is 0.370. The standard InChI is InChI=1S/C8H15NO3/c1-7(2)6(5-9-10)11-8(3,4)12-7/h5-6,10H,1-4H3/t6-/m1/s1. The Morgan fingerprint density at radius 3 is 2.25 bits per heavy atom. The molecule has 0 aromatic heterocycles. The van der Waals surface area contributed by atoms with E-state index >= 15 is 0 Å². The zero-order valence-electron chi connectivity index (χ0n) is 7.87. The van der Waals surface area contributed by atoms with Crippen LogP contribution < -0.4 is 0 Å². The monoisotopic (exact) mass is 173 g/mol. The van der Waals surface area contributed by atoms with Crippen molar-refractivity contribution < 1.29 is 14.7 Å². The Kier molecular flexibility index (Phi) is 2.14. The van der Waals surface area contributed by atoms with Crippen LogP contribution in [-0.4, -0.2) is 28.9 Å². The Hall–Kier alpha value is -0.610. The maximum absolute atomic E-state index is 8.36. The van der Waals surface area contributed by atoms with Gasteiger partial charge in [0.25, 0.3) is 0 Å². The summed E-state index contributed by atoms with van der Waals surface area (Å²) in [6.07, 6.45) is 1.05. The van der Waals surface area contributed by atoms with Crippen LogP contribution in [0.4, 0.5) is 0 Å². The van der Waals surface area contributed by atoms with Crippen molar-refractivity contribution >= 4 is 6.21 Å². The third-order valence-corrected chi connectivity index (χ3v) is 1.81. The molecule has 0 radical (unpaired) electrons. The molecule has 1 N–H and O–H groups in total. The van der Waals surface area contributed by atoms with E-state index in [1.54, 1.807) is 0 Å². The number of nitrogens with zero attached hydrogens (tertiary/aromatic N) is 1. The molecule has 4 nitrogen and oxygen atoms in total. The summed E-state index contributed by atoms with van der Waals surface area (Å²) < 4.78 is 11.0. The molecule has 0 saturated carbocycles. The van der Waals surface area contributed by atoms with Gasteiger partial charge in [0.05, 0.1) is 11.8 Å². The highest BCUT2D eigenvalue weighted by Crippen LogP contribution is 2.34. The minimum atomic E-state index is -0.602. The van der Waals surface area contributed by atoms with Gasteiger partial charge in [0.1, 0.15) is 6.10 Å². The third kappa shape index (κ3) is 1.76. The third-order valence-electron chi connectivity index (χ3n) is 1.81. The minimum Gasteiger partial charge on any atom is -0.411 e. The topological polar surface area (TPSA) is 51.0 Å². The van der Waals surface area contributed by atoms with Gasteiger partial charge in [-0.15, -0.1) is 0 Å². The second-order valence-electron chi connectivity index (χ2n) is 3.91. The fourth-order valence-corrected chi connectivity index (χ4v) is 1.43. The second-order valence-corrected chi connectivity index (χ2v) is 3.91. The highest BCUT2D eigenvalue weighted by atomic mass is 16.8. The van der Waals surface area contributed by atoms with E-state index < -0.39 is 11.4 Å². The second kappa shape index (κ2) is 2.71. The molecule has 1 atom stereocenters. The summed E-state index contributed by atoms with van der Waals surface area (Å²) in [6, 6.07) is 0. The first-order valence-corrected chi connectivity index (χ1v) is 3.93. The van der Waals surface area contributed by atoms with Crippen LogP contribution in [0.3, 0.4) is 0 Å². The van der Waals surface area contributed by atoms with Crippen LogP contribution in [0, 0.1) is 0 Å². The predicted molar refractivity (Wildman–Crippen MR) is 44.4 cm³/mol. The Labute approximate surface area is 72.2 Å². The van der Waals surface area contributed by atoms with Gasteiger partial charge < -0.3 is 14.7 Å². The molecule has 1 rings (SSSR count). The largest absolute Gasteiger partial charge is 0.411 e. The maximum atomic E-state index is 8.36. The maximum Gasteiger partial charge on any atom is 0.164 e. The first kappa shape index (κ1) is 9.48. The molecule has 0 unspecified atom stereocenters. The molecule has 1 saturated heterocycles. The van der Waals surface area contributed by atoms with Crippen LogP contribution in [0.5, 0.6) is 0 Å². The summed E-state index contributed by atoms with van der Waals surface area (Å²) in [5, 5.41) is 11.3. The summed E-state index contributed by atoms with van der Waals surface area (Å²) in [6.45, 7) is 7.46. The van der Waals surface area contributed by atoms with Crippen molar-refractivity contribution in [1.29, 1.82) is 0 Å². The Morgan fingerprint density at radius 1 is 1.33 bits per heavy atom. The Bertz CT molecular complexity index is 198. The molecule has 4 heteroatoms. The van der Waals surface area contributed by atoms with Crippen LogP contribution in [0.1, 0.15) is 27.7 Å². The van der Waals surface area contributed by atoms with Gasteiger partial charge in [0.2, 0.25) is 0 Å². The molecule has 70 valence electrons. The highest BCUT2D eigenvalue weighted by molar-refractivity contribution is 5.64. The normalized spacial score (nSPS) is 32.8. The van der Waals surface area contributed by atoms with Crippen LogP contribution in [0.2, 0.25) is 0 Å². The summed E-state index contributed by atoms with van der Waals surface area (Å²) in [4.78, 5) is 0. The smallest absolute Gasteiger partial charge is 0.164 e. The van der Waals surface area contributed by atoms with Crippen molar-refractivity contribution in [3.8, 4) is 0 Å². The first-order valence-electron chi connectivity index (χ1n) is 3.93. The molecule has 1 aliphatic rings. The number of hydrogen-bond donors (Lipinski definition) is 1. The Morgan fingerprint density at radius 2 is 1.92 bits per heavy atom. The fraction of sp³-hybridized carbons (Fsp3) is 0.875. The summed E-state index contributed by atoms with van der Waals surface area (Å²) in [5.41, 5.74) is -0.435. The van der Waals surface area contributed by atoms with E-state index in [9.17, 15) is 0 Å². The lowest BCUT2D eigenvalue weighted by atomic mass is 10.0. The van der Waals surface area contributed by atoms with Gasteiger partial charge in [-0.25, -0.2) is 0 Å². The van der Waals surface area contributed by atoms with E-state index in [2.05, 4.69) is 5.16 Å². The molecule has 1 aliphatic heterocycles. The van der Waals surface area contributed by atoms with E-state index in [0.29, 0.717) is 0 Å². The SMILES string of the molecule is CC1(C)O[C@H](C=NO)C(C)(C)O1.